The van der Waals surface area contributed by atoms with Gasteiger partial charge in [-0.3, -0.25) is 4.99 Å². The molecule has 0 atom stereocenters. The van der Waals surface area contributed by atoms with Gasteiger partial charge in [0.25, 0.3) is 0 Å². The van der Waals surface area contributed by atoms with Gasteiger partial charge in [0.2, 0.25) is 0 Å². The van der Waals surface area contributed by atoms with Gasteiger partial charge in [-0.15, -0.1) is 0 Å². The Labute approximate surface area is 145 Å². The lowest BCUT2D eigenvalue weighted by Crippen LogP contribution is -2.22. The lowest BCUT2D eigenvalue weighted by molar-refractivity contribution is -0.159. The summed E-state index contributed by atoms with van der Waals surface area (Å²) >= 11 is 0. The second-order valence-electron chi connectivity index (χ2n) is 5.81. The van der Waals surface area contributed by atoms with Crippen LogP contribution in [0.15, 0.2) is 4.99 Å². The predicted octanol–water partition coefficient (Wildman–Crippen LogP) is 3.12. The standard InChI is InChI=1S/C15H33N3.C2H2O4/c1-2-3-4-5-6-7-8-9-10-11-12-13-14-18-15(16)17;3-1(4)2(5)6/h2-14H2,1H3,(H4,16,17,18);(H,3,4)(H,5,6). The highest BCUT2D eigenvalue weighted by Crippen LogP contribution is 2.11. The first-order valence-electron chi connectivity index (χ1n) is 8.93. The molecular formula is C17H35N3O4. The molecule has 0 aliphatic heterocycles. The molecule has 0 amide bonds. The number of carbonyl (C=O) groups is 2. The van der Waals surface area contributed by atoms with Crippen LogP contribution in [0.3, 0.4) is 0 Å². The largest absolute Gasteiger partial charge is 0.473 e. The van der Waals surface area contributed by atoms with Crippen molar-refractivity contribution in [3.05, 3.63) is 0 Å². The van der Waals surface area contributed by atoms with Crippen LogP contribution >= 0.6 is 0 Å². The van der Waals surface area contributed by atoms with E-state index >= 15 is 0 Å². The lowest BCUT2D eigenvalue weighted by atomic mass is 10.1. The van der Waals surface area contributed by atoms with Crippen LogP contribution in [0.5, 0.6) is 0 Å². The molecule has 0 fully saturated rings. The van der Waals surface area contributed by atoms with Crippen molar-refractivity contribution in [2.45, 2.75) is 84.0 Å². The third kappa shape index (κ3) is 25.2. The molecule has 0 aliphatic carbocycles. The van der Waals surface area contributed by atoms with Crippen LogP contribution in [0.1, 0.15) is 84.0 Å². The summed E-state index contributed by atoms with van der Waals surface area (Å²) in [6, 6.07) is 0. The molecule has 7 heteroatoms. The highest BCUT2D eigenvalue weighted by atomic mass is 16.4. The van der Waals surface area contributed by atoms with E-state index in [-0.39, 0.29) is 5.96 Å². The Kier molecular flexibility index (Phi) is 19.6. The van der Waals surface area contributed by atoms with Crippen molar-refractivity contribution < 1.29 is 19.8 Å². The summed E-state index contributed by atoms with van der Waals surface area (Å²) in [5, 5.41) is 14.8. The SMILES string of the molecule is CCCCCCCCCCCCCCN=C(N)N.O=C(O)C(=O)O. The van der Waals surface area contributed by atoms with E-state index in [2.05, 4.69) is 11.9 Å². The molecule has 0 unspecified atom stereocenters. The van der Waals surface area contributed by atoms with Gasteiger partial charge in [0.1, 0.15) is 0 Å². The number of guanidine groups is 1. The molecule has 0 saturated carbocycles. The van der Waals surface area contributed by atoms with Crippen molar-refractivity contribution in [2.24, 2.45) is 16.5 Å². The average molecular weight is 345 g/mol. The van der Waals surface area contributed by atoms with Crippen LogP contribution in [-0.4, -0.2) is 34.7 Å². The highest BCUT2D eigenvalue weighted by Gasteiger charge is 2.04. The van der Waals surface area contributed by atoms with Crippen LogP contribution in [0, 0.1) is 0 Å². The zero-order valence-electron chi connectivity index (χ0n) is 15.0. The molecule has 0 aromatic carbocycles. The van der Waals surface area contributed by atoms with Crippen molar-refractivity contribution in [1.29, 1.82) is 0 Å². The lowest BCUT2D eigenvalue weighted by Gasteiger charge is -2.02. The second-order valence-corrected chi connectivity index (χ2v) is 5.81. The maximum absolute atomic E-state index is 9.10. The van der Waals surface area contributed by atoms with Crippen molar-refractivity contribution in [3.8, 4) is 0 Å². The molecule has 0 aliphatic rings. The van der Waals surface area contributed by atoms with Crippen LogP contribution in [0.2, 0.25) is 0 Å². The van der Waals surface area contributed by atoms with E-state index in [0.29, 0.717) is 0 Å². The van der Waals surface area contributed by atoms with E-state index in [1.165, 1.54) is 70.6 Å². The summed E-state index contributed by atoms with van der Waals surface area (Å²) in [5.74, 6) is -3.43. The monoisotopic (exact) mass is 345 g/mol. The van der Waals surface area contributed by atoms with Crippen molar-refractivity contribution in [3.63, 3.8) is 0 Å². The molecule has 0 aromatic rings. The normalized spacial score (nSPS) is 9.71. The van der Waals surface area contributed by atoms with E-state index in [1.807, 2.05) is 0 Å². The average Bonchev–Trinajstić information content (AvgIpc) is 2.52. The third-order valence-electron chi connectivity index (χ3n) is 3.49. The molecule has 0 radical (unpaired) electrons. The summed E-state index contributed by atoms with van der Waals surface area (Å²) in [7, 11) is 0. The fourth-order valence-electron chi connectivity index (χ4n) is 2.16. The van der Waals surface area contributed by atoms with Crippen molar-refractivity contribution in [1.82, 2.24) is 0 Å². The molecule has 6 N–H and O–H groups in total. The van der Waals surface area contributed by atoms with Gasteiger partial charge < -0.3 is 21.7 Å². The molecule has 0 rings (SSSR count). The first-order chi connectivity index (χ1) is 11.4. The topological polar surface area (TPSA) is 139 Å². The molecule has 7 nitrogen and oxygen atoms in total. The van der Waals surface area contributed by atoms with Crippen molar-refractivity contribution >= 4 is 17.9 Å². The molecule has 0 bridgehead atoms. The Morgan fingerprint density at radius 1 is 0.708 bits per heavy atom. The van der Waals surface area contributed by atoms with E-state index in [1.54, 1.807) is 0 Å². The van der Waals surface area contributed by atoms with E-state index in [9.17, 15) is 0 Å². The highest BCUT2D eigenvalue weighted by molar-refractivity contribution is 6.27. The summed E-state index contributed by atoms with van der Waals surface area (Å²) in [4.78, 5) is 22.2. The van der Waals surface area contributed by atoms with Gasteiger partial charge >= 0.3 is 11.9 Å². The molecule has 0 heterocycles. The van der Waals surface area contributed by atoms with Gasteiger partial charge in [0, 0.05) is 6.54 Å². The van der Waals surface area contributed by atoms with Crippen molar-refractivity contribution in [2.75, 3.05) is 6.54 Å². The summed E-state index contributed by atoms with van der Waals surface area (Å²) in [6.45, 7) is 3.06. The Morgan fingerprint density at radius 3 is 1.33 bits per heavy atom. The second kappa shape index (κ2) is 19.3. The summed E-state index contributed by atoms with van der Waals surface area (Å²) in [6.07, 6.45) is 16.4. The number of nitrogens with zero attached hydrogens (tertiary/aromatic N) is 1. The fourth-order valence-corrected chi connectivity index (χ4v) is 2.16. The van der Waals surface area contributed by atoms with Gasteiger partial charge in [0.05, 0.1) is 0 Å². The number of unbranched alkanes of at least 4 members (excludes halogenated alkanes) is 11. The minimum atomic E-state index is -1.82. The number of aliphatic imine (C=N–C) groups is 1. The summed E-state index contributed by atoms with van der Waals surface area (Å²) < 4.78 is 0. The molecular weight excluding hydrogens is 310 g/mol. The van der Waals surface area contributed by atoms with Gasteiger partial charge in [-0.1, -0.05) is 77.6 Å². The minimum Gasteiger partial charge on any atom is -0.473 e. The fraction of sp³-hybridized carbons (Fsp3) is 0.824. The van der Waals surface area contributed by atoms with E-state index in [4.69, 9.17) is 31.3 Å². The van der Waals surface area contributed by atoms with Crippen LogP contribution < -0.4 is 11.5 Å². The minimum absolute atomic E-state index is 0.220. The van der Waals surface area contributed by atoms with E-state index in [0.717, 1.165) is 13.0 Å². The number of rotatable bonds is 13. The van der Waals surface area contributed by atoms with Gasteiger partial charge in [0.15, 0.2) is 5.96 Å². The number of aliphatic carboxylic acids is 2. The van der Waals surface area contributed by atoms with Gasteiger partial charge in [-0.25, -0.2) is 9.59 Å². The smallest absolute Gasteiger partial charge is 0.414 e. The van der Waals surface area contributed by atoms with E-state index < -0.39 is 11.9 Å². The van der Waals surface area contributed by atoms with Crippen LogP contribution in [-0.2, 0) is 9.59 Å². The Morgan fingerprint density at radius 2 is 1.04 bits per heavy atom. The quantitative estimate of drug-likeness (QED) is 0.175. The molecule has 24 heavy (non-hydrogen) atoms. The maximum atomic E-state index is 9.10. The molecule has 0 saturated heterocycles. The number of carboxylic acids is 2. The molecule has 0 aromatic heterocycles. The Balaban J connectivity index is 0. The Hall–Kier alpha value is -1.79. The number of nitrogens with two attached hydrogens (primary N) is 2. The first kappa shape index (κ1) is 24.5. The van der Waals surface area contributed by atoms with Gasteiger partial charge in [-0.05, 0) is 6.42 Å². The van der Waals surface area contributed by atoms with Crippen LogP contribution in [0.25, 0.3) is 0 Å². The maximum Gasteiger partial charge on any atom is 0.414 e. The third-order valence-corrected chi connectivity index (χ3v) is 3.49. The summed E-state index contributed by atoms with van der Waals surface area (Å²) in [5.41, 5.74) is 10.5. The molecule has 0 spiro atoms. The zero-order valence-corrected chi connectivity index (χ0v) is 15.0. The van der Waals surface area contributed by atoms with Gasteiger partial charge in [-0.2, -0.15) is 0 Å². The Bertz CT molecular complexity index is 331. The number of hydrogen-bond donors (Lipinski definition) is 4. The zero-order chi connectivity index (χ0) is 18.6. The first-order valence-corrected chi connectivity index (χ1v) is 8.93. The van der Waals surface area contributed by atoms with Crippen LogP contribution in [0.4, 0.5) is 0 Å². The number of carboxylic acid groups (broad SMARTS) is 2. The number of hydrogen-bond acceptors (Lipinski definition) is 3. The molecule has 142 valence electrons. The predicted molar refractivity (Wildman–Crippen MR) is 97.0 cm³/mol.